The monoisotopic (exact) mass is 386 g/mol. The molecule has 6 heteroatoms. The van der Waals surface area contributed by atoms with Crippen LogP contribution >= 0.6 is 34.5 Å². The molecule has 0 unspecified atom stereocenters. The fraction of sp³-hybridized carbons (Fsp3) is 0.0526. The molecule has 0 aliphatic carbocycles. The number of hydrogen-bond acceptors (Lipinski definition) is 3. The van der Waals surface area contributed by atoms with Crippen LogP contribution in [-0.2, 0) is 0 Å². The number of halogens is 2. The quantitative estimate of drug-likeness (QED) is 0.463. The maximum atomic E-state index is 12.7. The van der Waals surface area contributed by atoms with E-state index in [0.717, 1.165) is 22.3 Å². The molecule has 0 fully saturated rings. The molecule has 0 saturated heterocycles. The van der Waals surface area contributed by atoms with Crippen LogP contribution in [0.4, 0.5) is 0 Å². The molecule has 0 radical (unpaired) electrons. The van der Waals surface area contributed by atoms with Crippen molar-refractivity contribution in [2.45, 2.75) is 6.92 Å². The Bertz CT molecular complexity index is 1150. The lowest BCUT2D eigenvalue weighted by Crippen LogP contribution is -2.09. The van der Waals surface area contributed by atoms with Crippen molar-refractivity contribution in [2.75, 3.05) is 0 Å². The third kappa shape index (κ3) is 2.97. The van der Waals surface area contributed by atoms with Gasteiger partial charge in [0.1, 0.15) is 10.7 Å². The van der Waals surface area contributed by atoms with Gasteiger partial charge < -0.3 is 4.98 Å². The lowest BCUT2D eigenvalue weighted by atomic mass is 10.1. The van der Waals surface area contributed by atoms with Crippen LogP contribution in [0, 0.1) is 6.92 Å². The van der Waals surface area contributed by atoms with Crippen molar-refractivity contribution in [3.8, 4) is 22.5 Å². The zero-order valence-corrected chi connectivity index (χ0v) is 15.5. The normalized spacial score (nSPS) is 11.2. The Kier molecular flexibility index (Phi) is 4.12. The van der Waals surface area contributed by atoms with Crippen LogP contribution in [-0.4, -0.2) is 9.97 Å². The van der Waals surface area contributed by atoms with Gasteiger partial charge in [-0.15, -0.1) is 11.3 Å². The maximum Gasteiger partial charge on any atom is 0.260 e. The summed E-state index contributed by atoms with van der Waals surface area (Å²) < 4.78 is 0. The number of rotatable bonds is 2. The van der Waals surface area contributed by atoms with Crippen LogP contribution in [0.1, 0.15) is 5.56 Å². The van der Waals surface area contributed by atoms with Gasteiger partial charge in [0.25, 0.3) is 5.56 Å². The highest BCUT2D eigenvalue weighted by Gasteiger charge is 2.14. The Balaban J connectivity index is 1.89. The second kappa shape index (κ2) is 6.30. The van der Waals surface area contributed by atoms with Crippen molar-refractivity contribution < 1.29 is 0 Å². The SMILES string of the molecule is Cc1ccc(-c2nc3scc(-c4ccc(Cl)c(Cl)c4)c3c(=O)[nH]2)cc1. The maximum absolute atomic E-state index is 12.7. The van der Waals surface area contributed by atoms with E-state index in [2.05, 4.69) is 9.97 Å². The Morgan fingerprint density at radius 2 is 1.72 bits per heavy atom. The largest absolute Gasteiger partial charge is 0.306 e. The lowest BCUT2D eigenvalue weighted by Gasteiger charge is -2.04. The molecule has 1 N–H and O–H groups in total. The average Bonchev–Trinajstić information content (AvgIpc) is 3.02. The second-order valence-corrected chi connectivity index (χ2v) is 7.41. The first-order valence-corrected chi connectivity index (χ1v) is 9.20. The van der Waals surface area contributed by atoms with Gasteiger partial charge in [0.2, 0.25) is 0 Å². The molecule has 0 spiro atoms. The first-order valence-electron chi connectivity index (χ1n) is 7.57. The molecule has 2 heterocycles. The molecule has 0 amide bonds. The van der Waals surface area contributed by atoms with Gasteiger partial charge in [0, 0.05) is 16.5 Å². The van der Waals surface area contributed by atoms with E-state index in [0.29, 0.717) is 26.1 Å². The smallest absolute Gasteiger partial charge is 0.260 e. The van der Waals surface area contributed by atoms with Crippen molar-refractivity contribution in [3.05, 3.63) is 73.8 Å². The van der Waals surface area contributed by atoms with Crippen molar-refractivity contribution >= 4 is 44.8 Å². The highest BCUT2D eigenvalue weighted by molar-refractivity contribution is 7.17. The van der Waals surface area contributed by atoms with E-state index >= 15 is 0 Å². The van der Waals surface area contributed by atoms with E-state index in [1.807, 2.05) is 42.6 Å². The number of hydrogen-bond donors (Lipinski definition) is 1. The summed E-state index contributed by atoms with van der Waals surface area (Å²) >= 11 is 13.5. The molecule has 25 heavy (non-hydrogen) atoms. The molecule has 0 bridgehead atoms. The molecule has 2 aromatic heterocycles. The minimum atomic E-state index is -0.164. The summed E-state index contributed by atoms with van der Waals surface area (Å²) in [4.78, 5) is 20.9. The molecule has 124 valence electrons. The Morgan fingerprint density at radius 3 is 2.44 bits per heavy atom. The summed E-state index contributed by atoms with van der Waals surface area (Å²) in [6.07, 6.45) is 0. The molecular weight excluding hydrogens is 375 g/mol. The fourth-order valence-corrected chi connectivity index (χ4v) is 3.92. The first-order chi connectivity index (χ1) is 12.0. The van der Waals surface area contributed by atoms with Crippen molar-refractivity contribution in [1.82, 2.24) is 9.97 Å². The van der Waals surface area contributed by atoms with Gasteiger partial charge >= 0.3 is 0 Å². The second-order valence-electron chi connectivity index (χ2n) is 5.74. The highest BCUT2D eigenvalue weighted by atomic mass is 35.5. The van der Waals surface area contributed by atoms with Crippen LogP contribution in [0.15, 0.2) is 52.6 Å². The third-order valence-corrected chi connectivity index (χ3v) is 5.61. The molecule has 2 aromatic carbocycles. The topological polar surface area (TPSA) is 45.8 Å². The first kappa shape index (κ1) is 16.3. The van der Waals surface area contributed by atoms with Crippen LogP contribution in [0.5, 0.6) is 0 Å². The third-order valence-electron chi connectivity index (χ3n) is 4.00. The average molecular weight is 387 g/mol. The van der Waals surface area contributed by atoms with Crippen LogP contribution in [0.2, 0.25) is 10.0 Å². The summed E-state index contributed by atoms with van der Waals surface area (Å²) in [6, 6.07) is 13.2. The van der Waals surface area contributed by atoms with Gasteiger partial charge in [-0.05, 0) is 24.6 Å². The number of benzene rings is 2. The van der Waals surface area contributed by atoms with Crippen molar-refractivity contribution in [2.24, 2.45) is 0 Å². The fourth-order valence-electron chi connectivity index (χ4n) is 2.67. The van der Waals surface area contributed by atoms with E-state index < -0.39 is 0 Å². The predicted octanol–water partition coefficient (Wildman–Crippen LogP) is 5.93. The summed E-state index contributed by atoms with van der Waals surface area (Å²) in [5.41, 5.74) is 3.53. The lowest BCUT2D eigenvalue weighted by molar-refractivity contribution is 1.19. The Labute approximate surface area is 157 Å². The van der Waals surface area contributed by atoms with Crippen molar-refractivity contribution in [3.63, 3.8) is 0 Å². The standard InChI is InChI=1S/C19H12Cl2N2OS/c1-10-2-4-11(5-3-10)17-22-18(24)16-13(9-25-19(16)23-17)12-6-7-14(20)15(21)8-12/h2-9H,1H3,(H,22,23,24). The summed E-state index contributed by atoms with van der Waals surface area (Å²) in [7, 11) is 0. The van der Waals surface area contributed by atoms with Crippen LogP contribution in [0.3, 0.4) is 0 Å². The van der Waals surface area contributed by atoms with Gasteiger partial charge in [0.05, 0.1) is 15.4 Å². The molecule has 0 aliphatic heterocycles. The molecular formula is C19H12Cl2N2OS. The molecule has 4 aromatic rings. The van der Waals surface area contributed by atoms with E-state index in [4.69, 9.17) is 23.2 Å². The summed E-state index contributed by atoms with van der Waals surface area (Å²) in [5, 5.41) is 3.43. The van der Waals surface area contributed by atoms with Crippen molar-refractivity contribution in [1.29, 1.82) is 0 Å². The molecule has 0 atom stereocenters. The van der Waals surface area contributed by atoms with Gasteiger partial charge in [-0.2, -0.15) is 0 Å². The van der Waals surface area contributed by atoms with Crippen LogP contribution in [0.25, 0.3) is 32.7 Å². The number of fused-ring (bicyclic) bond motifs is 1. The minimum Gasteiger partial charge on any atom is -0.306 e. The molecule has 0 saturated carbocycles. The van der Waals surface area contributed by atoms with Gasteiger partial charge in [-0.25, -0.2) is 4.98 Å². The summed E-state index contributed by atoms with van der Waals surface area (Å²) in [5.74, 6) is 0.569. The summed E-state index contributed by atoms with van der Waals surface area (Å²) in [6.45, 7) is 2.02. The van der Waals surface area contributed by atoms with E-state index in [1.165, 1.54) is 11.3 Å². The van der Waals surface area contributed by atoms with Gasteiger partial charge in [-0.3, -0.25) is 4.79 Å². The molecule has 4 rings (SSSR count). The van der Waals surface area contributed by atoms with Crippen LogP contribution < -0.4 is 5.56 Å². The number of aromatic nitrogens is 2. The molecule has 3 nitrogen and oxygen atoms in total. The minimum absolute atomic E-state index is 0.164. The van der Waals surface area contributed by atoms with Gasteiger partial charge in [-0.1, -0.05) is 59.1 Å². The van der Waals surface area contributed by atoms with E-state index in [9.17, 15) is 4.79 Å². The number of aryl methyl sites for hydroxylation is 1. The van der Waals surface area contributed by atoms with Gasteiger partial charge in [0.15, 0.2) is 0 Å². The van der Waals surface area contributed by atoms with E-state index in [1.54, 1.807) is 12.1 Å². The number of nitrogens with one attached hydrogen (secondary N) is 1. The zero-order valence-electron chi connectivity index (χ0n) is 13.1. The Morgan fingerprint density at radius 1 is 1.00 bits per heavy atom. The number of aromatic amines is 1. The Hall–Kier alpha value is -2.14. The number of nitrogens with zero attached hydrogens (tertiary/aromatic N) is 1. The number of H-pyrrole nitrogens is 1. The zero-order chi connectivity index (χ0) is 17.6. The number of thiophene rings is 1. The predicted molar refractivity (Wildman–Crippen MR) is 106 cm³/mol. The molecule has 0 aliphatic rings. The highest BCUT2D eigenvalue weighted by Crippen LogP contribution is 2.34. The van der Waals surface area contributed by atoms with E-state index in [-0.39, 0.29) is 5.56 Å².